The monoisotopic (exact) mass is 893 g/mol. The van der Waals surface area contributed by atoms with Crippen LogP contribution in [0.2, 0.25) is 0 Å². The topological polar surface area (TPSA) is 197 Å². The second-order valence-corrected chi connectivity index (χ2v) is 18.1. The molecule has 0 spiro atoms. The molecule has 338 valence electrons. The zero-order chi connectivity index (χ0) is 45.4. The first-order chi connectivity index (χ1) is 32.1. The van der Waals surface area contributed by atoms with Crippen LogP contribution in [0.25, 0.3) is 22.9 Å². The number of ketones is 1. The highest BCUT2D eigenvalue weighted by Gasteiger charge is 2.59. The number of aliphatic hydroxyl groups excluding tert-OH is 3. The van der Waals surface area contributed by atoms with E-state index in [1.165, 1.54) is 12.0 Å². The van der Waals surface area contributed by atoms with E-state index in [2.05, 4.69) is 23.1 Å². The van der Waals surface area contributed by atoms with Crippen LogP contribution in [0.1, 0.15) is 86.6 Å². The van der Waals surface area contributed by atoms with Gasteiger partial charge in [-0.15, -0.1) is 0 Å². The Bertz CT molecular complexity index is 2840. The lowest BCUT2D eigenvalue weighted by Gasteiger charge is -2.47. The molecule has 1 amide bonds. The lowest BCUT2D eigenvalue weighted by Crippen LogP contribution is -2.70. The largest absolute Gasteiger partial charge is 0.506 e. The van der Waals surface area contributed by atoms with E-state index in [4.69, 9.17) is 23.7 Å². The number of allylic oxidation sites excluding steroid dienone is 5. The van der Waals surface area contributed by atoms with E-state index < -0.39 is 48.7 Å². The number of rotatable bonds is 6. The molecule has 0 unspecified atom stereocenters. The number of aliphatic imine (C=N–C) groups is 1. The SMILES string of the molecule is COc1cc2c3c(c4c(O)c2c2c1/C=C/[C@H](C1=C5[CH+]C(CCCO)=CC=C5N=C1)OC[C@H]1O[C@H](O2)[C@@](O)(CO)[C@@H](OC#CCc2cccc5c2CN(CC4=O)C5=O)[C@@H]1O)[C@H]1CCC[C@@H]1C=C3. The molecular weight excluding hydrogens is 845 g/mol. The summed E-state index contributed by atoms with van der Waals surface area (Å²) in [6.07, 6.45) is 14.7. The van der Waals surface area contributed by atoms with Crippen LogP contribution in [0.15, 0.2) is 76.0 Å². The third kappa shape index (κ3) is 6.71. The second-order valence-electron chi connectivity index (χ2n) is 18.1. The molecule has 3 aromatic rings. The Hall–Kier alpha value is -6.18. The zero-order valence-electron chi connectivity index (χ0n) is 36.2. The summed E-state index contributed by atoms with van der Waals surface area (Å²) in [5.41, 5.74) is 4.36. The van der Waals surface area contributed by atoms with Crippen LogP contribution >= 0.6 is 0 Å². The highest BCUT2D eigenvalue weighted by molar-refractivity contribution is 6.14. The number of hydrogen-bond acceptors (Lipinski definition) is 13. The predicted molar refractivity (Wildman–Crippen MR) is 242 cm³/mol. The first-order valence-electron chi connectivity index (χ1n) is 22.6. The highest BCUT2D eigenvalue weighted by Crippen LogP contribution is 2.55. The molecule has 3 aliphatic carbocycles. The Kier molecular flexibility index (Phi) is 10.7. The van der Waals surface area contributed by atoms with Gasteiger partial charge in [0.25, 0.3) is 5.91 Å². The van der Waals surface area contributed by atoms with Gasteiger partial charge in [-0.1, -0.05) is 36.6 Å². The van der Waals surface area contributed by atoms with Gasteiger partial charge in [-0.3, -0.25) is 9.59 Å². The number of nitrogens with zero attached hydrogens (tertiary/aromatic N) is 2. The molecule has 1 saturated heterocycles. The summed E-state index contributed by atoms with van der Waals surface area (Å²) in [5.74, 6) is 2.12. The first-order valence-corrected chi connectivity index (χ1v) is 22.6. The quantitative estimate of drug-likeness (QED) is 0.165. The van der Waals surface area contributed by atoms with Crippen molar-refractivity contribution >= 4 is 40.8 Å². The number of phenolic OH excluding ortho intramolecular Hbond substituents is 1. The molecule has 5 N–H and O–H groups in total. The third-order valence-electron chi connectivity index (χ3n) is 14.5. The Morgan fingerprint density at radius 3 is 2.79 bits per heavy atom. The summed E-state index contributed by atoms with van der Waals surface area (Å²) in [6.45, 7) is -1.40. The Labute approximate surface area is 380 Å². The number of carbonyl (C=O) groups is 2. The molecule has 8 aliphatic rings. The maximum Gasteiger partial charge on any atom is 0.254 e. The fourth-order valence-electron chi connectivity index (χ4n) is 11.1. The third-order valence-corrected chi connectivity index (χ3v) is 14.5. The minimum absolute atomic E-state index is 0.0430. The van der Waals surface area contributed by atoms with Crippen LogP contribution in [-0.2, 0) is 27.2 Å². The molecule has 14 nitrogen and oxygen atoms in total. The van der Waals surface area contributed by atoms with Gasteiger partial charge in [0, 0.05) is 54.7 Å². The molecule has 8 atom stereocenters. The Balaban J connectivity index is 1.16. The smallest absolute Gasteiger partial charge is 0.254 e. The van der Waals surface area contributed by atoms with Gasteiger partial charge in [0.15, 0.2) is 23.2 Å². The van der Waals surface area contributed by atoms with Crippen molar-refractivity contribution < 1.29 is 58.8 Å². The average Bonchev–Trinajstić information content (AvgIpc) is 4.06. The molecule has 8 bridgehead atoms. The molecule has 3 aromatic carbocycles. The van der Waals surface area contributed by atoms with E-state index in [-0.39, 0.29) is 78.5 Å². The predicted octanol–water partition coefficient (Wildman–Crippen LogP) is 4.99. The van der Waals surface area contributed by atoms with Crippen LogP contribution in [0.5, 0.6) is 17.2 Å². The molecule has 14 heteroatoms. The number of ether oxygens (including phenoxy) is 5. The fraction of sp³-hybridized carbons (Fsp3) is 0.385. The number of aliphatic hydroxyl groups is 4. The molecule has 66 heavy (non-hydrogen) atoms. The van der Waals surface area contributed by atoms with Gasteiger partial charge >= 0.3 is 0 Å². The number of Topliss-reactive ketones (excluding diaryl/α,β-unsaturated/α-hetero) is 1. The first kappa shape index (κ1) is 42.5. The van der Waals surface area contributed by atoms with Gasteiger partial charge in [0.05, 0.1) is 55.2 Å². The van der Waals surface area contributed by atoms with Crippen LogP contribution in [0.3, 0.4) is 0 Å². The summed E-state index contributed by atoms with van der Waals surface area (Å²) in [4.78, 5) is 35.3. The van der Waals surface area contributed by atoms with Crippen molar-refractivity contribution in [2.45, 2.75) is 87.3 Å². The van der Waals surface area contributed by atoms with Crippen molar-refractivity contribution in [3.05, 3.63) is 116 Å². The number of aromatic hydroxyl groups is 1. The minimum Gasteiger partial charge on any atom is -0.506 e. The van der Waals surface area contributed by atoms with E-state index >= 15 is 4.79 Å². The molecule has 0 radical (unpaired) electrons. The molecule has 5 aliphatic heterocycles. The number of benzene rings is 3. The standard InChI is InChI=1S/C52H48N2O12/c1-62-41-21-35-31-14-13-29-8-2-10-30(29)43(31)45-39(57)24-54-23-37-28(7-3-11-32(37)50(54)60)9-5-19-63-49-46(58)42-25-64-40(36-22-53-38-16-12-27(6-4-18-55)20-34(36)38)17-15-33(41)48(44(35)47(45)59)66-51(65-42)52(49,61)26-56/h3,7,11-17,20-22,29-30,40,42,46,49,51,55-56,58,61H,2,4,6,8-10,18,23-26H2,1H3/p+1/b17-15+/t29-,30+,40-,42-,46-,49+,51-,52-/m1/s1. The second kappa shape index (κ2) is 16.6. The van der Waals surface area contributed by atoms with E-state index in [1.807, 2.05) is 30.7 Å². The summed E-state index contributed by atoms with van der Waals surface area (Å²) in [6, 6.07) is 7.10. The number of methoxy groups -OCH3 is 1. The van der Waals surface area contributed by atoms with Gasteiger partial charge in [-0.2, -0.15) is 4.99 Å². The maximum atomic E-state index is 15.1. The van der Waals surface area contributed by atoms with Crippen molar-refractivity contribution in [3.8, 4) is 29.3 Å². The van der Waals surface area contributed by atoms with E-state index in [0.717, 1.165) is 41.7 Å². The Morgan fingerprint density at radius 1 is 1.09 bits per heavy atom. The molecular formula is C52H49N2O12+. The van der Waals surface area contributed by atoms with Crippen molar-refractivity contribution in [2.24, 2.45) is 10.9 Å². The van der Waals surface area contributed by atoms with E-state index in [0.29, 0.717) is 51.8 Å². The molecule has 1 saturated carbocycles. The van der Waals surface area contributed by atoms with Gasteiger partial charge < -0.3 is 54.1 Å². The lowest BCUT2D eigenvalue weighted by atomic mass is 9.75. The van der Waals surface area contributed by atoms with Crippen molar-refractivity contribution in [2.75, 3.05) is 33.5 Å². The van der Waals surface area contributed by atoms with Gasteiger partial charge in [-0.25, -0.2) is 0 Å². The lowest BCUT2D eigenvalue weighted by molar-refractivity contribution is -0.327. The summed E-state index contributed by atoms with van der Waals surface area (Å²) in [5, 5.41) is 58.8. The van der Waals surface area contributed by atoms with Crippen molar-refractivity contribution in [3.63, 3.8) is 0 Å². The molecule has 11 rings (SSSR count). The number of hydrogen-bond donors (Lipinski definition) is 5. The van der Waals surface area contributed by atoms with E-state index in [9.17, 15) is 30.3 Å². The van der Waals surface area contributed by atoms with Crippen molar-refractivity contribution in [1.82, 2.24) is 4.90 Å². The molecule has 5 heterocycles. The minimum atomic E-state index is -2.48. The maximum absolute atomic E-state index is 15.1. The molecule has 2 fully saturated rings. The number of fused-ring (bicyclic) bond motifs is 10. The number of phenols is 1. The number of amides is 1. The summed E-state index contributed by atoms with van der Waals surface area (Å²) >= 11 is 0. The number of carbonyl (C=O) groups excluding carboxylic acids is 2. The Morgan fingerprint density at radius 2 is 1.95 bits per heavy atom. The highest BCUT2D eigenvalue weighted by atomic mass is 16.7. The summed E-state index contributed by atoms with van der Waals surface area (Å²) < 4.78 is 32.1. The van der Waals surface area contributed by atoms with Crippen molar-refractivity contribution in [1.29, 1.82) is 0 Å². The van der Waals surface area contributed by atoms with Gasteiger partial charge in [-0.05, 0) is 84.1 Å². The molecule has 0 aromatic heterocycles. The van der Waals surface area contributed by atoms with Crippen LogP contribution < -0.4 is 9.47 Å². The van der Waals surface area contributed by atoms with E-state index in [1.54, 1.807) is 36.6 Å². The summed E-state index contributed by atoms with van der Waals surface area (Å²) in [7, 11) is 1.50. The normalized spacial score (nSPS) is 29.8. The average molecular weight is 894 g/mol. The van der Waals surface area contributed by atoms with Gasteiger partial charge in [0.1, 0.15) is 47.2 Å². The van der Waals surface area contributed by atoms with Gasteiger partial charge in [0.2, 0.25) is 6.29 Å². The van der Waals surface area contributed by atoms with Crippen LogP contribution in [0, 0.1) is 24.4 Å². The van der Waals surface area contributed by atoms with Crippen LogP contribution in [-0.4, -0.2) is 118 Å². The van der Waals surface area contributed by atoms with Crippen LogP contribution in [0.4, 0.5) is 0 Å². The zero-order valence-corrected chi connectivity index (χ0v) is 36.2. The fourth-order valence-corrected chi connectivity index (χ4v) is 11.1.